The maximum atomic E-state index is 12.1. The molecule has 1 aliphatic rings. The van der Waals surface area contributed by atoms with Crippen LogP contribution in [0.5, 0.6) is 0 Å². The number of benzene rings is 1. The summed E-state index contributed by atoms with van der Waals surface area (Å²) in [5.74, 6) is -1.45. The second-order valence-corrected chi connectivity index (χ2v) is 6.88. The molecule has 1 saturated heterocycles. The average molecular weight is 416 g/mol. The Morgan fingerprint density at radius 3 is 2.59 bits per heavy atom. The number of anilines is 1. The molecule has 1 heterocycles. The Balaban J connectivity index is 1.77. The number of esters is 1. The van der Waals surface area contributed by atoms with Crippen molar-refractivity contribution in [3.05, 3.63) is 28.2 Å². The van der Waals surface area contributed by atoms with E-state index in [4.69, 9.17) is 27.9 Å². The van der Waals surface area contributed by atoms with Gasteiger partial charge in [0.25, 0.3) is 5.91 Å². The van der Waals surface area contributed by atoms with Gasteiger partial charge < -0.3 is 15.0 Å². The molecule has 0 bridgehead atoms. The van der Waals surface area contributed by atoms with E-state index in [0.29, 0.717) is 10.7 Å². The molecular weight excluding hydrogens is 397 g/mol. The molecule has 0 radical (unpaired) electrons. The van der Waals surface area contributed by atoms with E-state index in [9.17, 15) is 19.2 Å². The van der Waals surface area contributed by atoms with Crippen molar-refractivity contribution in [2.45, 2.75) is 25.9 Å². The van der Waals surface area contributed by atoms with Gasteiger partial charge >= 0.3 is 12.0 Å². The second kappa shape index (κ2) is 9.05. The number of hydrogen-bond acceptors (Lipinski definition) is 5. The maximum absolute atomic E-state index is 12.1. The number of carbonyl (C=O) groups excluding carboxylic acids is 4. The van der Waals surface area contributed by atoms with Crippen molar-refractivity contribution in [2.75, 3.05) is 25.5 Å². The lowest BCUT2D eigenvalue weighted by Crippen LogP contribution is -2.33. The SMILES string of the molecule is C[C@H](OC(=O)CCCN1C(=O)CN(C)C1=O)C(=O)Nc1ccc(Cl)cc1Cl. The first-order chi connectivity index (χ1) is 12.7. The molecule has 0 unspecified atom stereocenters. The Hall–Kier alpha value is -2.32. The number of carbonyl (C=O) groups is 4. The van der Waals surface area contributed by atoms with E-state index in [-0.39, 0.29) is 42.9 Å². The zero-order chi connectivity index (χ0) is 20.1. The van der Waals surface area contributed by atoms with Crippen molar-refractivity contribution in [1.82, 2.24) is 9.80 Å². The Kier molecular flexibility index (Phi) is 7.04. The van der Waals surface area contributed by atoms with Gasteiger partial charge in [-0.1, -0.05) is 23.2 Å². The van der Waals surface area contributed by atoms with Crippen molar-refractivity contribution < 1.29 is 23.9 Å². The van der Waals surface area contributed by atoms with Crippen LogP contribution in [0.4, 0.5) is 10.5 Å². The number of rotatable bonds is 7. The molecule has 0 spiro atoms. The van der Waals surface area contributed by atoms with E-state index in [2.05, 4.69) is 5.32 Å². The normalized spacial score (nSPS) is 15.1. The monoisotopic (exact) mass is 415 g/mol. The zero-order valence-corrected chi connectivity index (χ0v) is 16.3. The van der Waals surface area contributed by atoms with E-state index >= 15 is 0 Å². The Bertz CT molecular complexity index is 771. The number of imide groups is 1. The minimum absolute atomic E-state index is 0.0277. The van der Waals surface area contributed by atoms with Crippen LogP contribution in [0.2, 0.25) is 10.0 Å². The molecule has 1 fully saturated rings. The maximum Gasteiger partial charge on any atom is 0.326 e. The third-order valence-electron chi connectivity index (χ3n) is 3.86. The van der Waals surface area contributed by atoms with E-state index < -0.39 is 18.0 Å². The minimum atomic E-state index is -1.04. The van der Waals surface area contributed by atoms with Gasteiger partial charge in [-0.3, -0.25) is 19.3 Å². The van der Waals surface area contributed by atoms with Crippen molar-refractivity contribution in [2.24, 2.45) is 0 Å². The highest BCUT2D eigenvalue weighted by Crippen LogP contribution is 2.25. The van der Waals surface area contributed by atoms with Crippen LogP contribution >= 0.6 is 23.2 Å². The Labute approximate surface area is 166 Å². The lowest BCUT2D eigenvalue weighted by atomic mass is 10.2. The summed E-state index contributed by atoms with van der Waals surface area (Å²) in [6.45, 7) is 1.59. The summed E-state index contributed by atoms with van der Waals surface area (Å²) in [5.41, 5.74) is 0.351. The molecule has 27 heavy (non-hydrogen) atoms. The van der Waals surface area contributed by atoms with Gasteiger partial charge in [0.1, 0.15) is 6.54 Å². The number of hydrogen-bond donors (Lipinski definition) is 1. The average Bonchev–Trinajstić information content (AvgIpc) is 2.83. The lowest BCUT2D eigenvalue weighted by Gasteiger charge is -2.16. The quantitative estimate of drug-likeness (QED) is 0.545. The van der Waals surface area contributed by atoms with Crippen LogP contribution in [0.3, 0.4) is 0 Å². The summed E-state index contributed by atoms with van der Waals surface area (Å²) in [7, 11) is 1.53. The molecule has 10 heteroatoms. The van der Waals surface area contributed by atoms with Crippen LogP contribution in [-0.4, -0.2) is 59.9 Å². The molecule has 1 N–H and O–H groups in total. The lowest BCUT2D eigenvalue weighted by molar-refractivity contribution is -0.153. The summed E-state index contributed by atoms with van der Waals surface area (Å²) in [6.07, 6.45) is -0.813. The van der Waals surface area contributed by atoms with Crippen LogP contribution in [0.25, 0.3) is 0 Å². The van der Waals surface area contributed by atoms with Crippen molar-refractivity contribution >= 4 is 52.7 Å². The topological polar surface area (TPSA) is 96.0 Å². The summed E-state index contributed by atoms with van der Waals surface area (Å²) in [4.78, 5) is 49.7. The van der Waals surface area contributed by atoms with Gasteiger partial charge in [-0.25, -0.2) is 4.79 Å². The van der Waals surface area contributed by atoms with Crippen LogP contribution in [0, 0.1) is 0 Å². The molecule has 1 aromatic rings. The second-order valence-electron chi connectivity index (χ2n) is 6.03. The number of likely N-dealkylation sites (N-methyl/N-ethyl adjacent to an activating group) is 1. The minimum Gasteiger partial charge on any atom is -0.453 e. The molecule has 4 amide bonds. The highest BCUT2D eigenvalue weighted by atomic mass is 35.5. The number of nitrogens with one attached hydrogen (secondary N) is 1. The summed E-state index contributed by atoms with van der Waals surface area (Å²) in [6, 6.07) is 4.20. The van der Waals surface area contributed by atoms with E-state index in [1.54, 1.807) is 6.07 Å². The van der Waals surface area contributed by atoms with Crippen LogP contribution in [-0.2, 0) is 19.1 Å². The molecule has 0 saturated carbocycles. The molecule has 146 valence electrons. The van der Waals surface area contributed by atoms with Gasteiger partial charge in [0.15, 0.2) is 6.10 Å². The number of urea groups is 1. The Morgan fingerprint density at radius 2 is 2.00 bits per heavy atom. The first-order valence-corrected chi connectivity index (χ1v) is 8.95. The fourth-order valence-corrected chi connectivity index (χ4v) is 2.86. The predicted molar refractivity (Wildman–Crippen MR) is 99.6 cm³/mol. The standard InChI is InChI=1S/C17H19Cl2N3O5/c1-10(16(25)20-13-6-5-11(18)8-12(13)19)27-15(24)4-3-7-22-14(23)9-21(2)17(22)26/h5-6,8,10H,3-4,7,9H2,1-2H3,(H,20,25)/t10-/m0/s1. The molecule has 0 aromatic heterocycles. The van der Waals surface area contributed by atoms with Crippen molar-refractivity contribution in [3.63, 3.8) is 0 Å². The zero-order valence-electron chi connectivity index (χ0n) is 14.8. The van der Waals surface area contributed by atoms with Gasteiger partial charge in [-0.15, -0.1) is 0 Å². The number of halogens is 2. The molecule has 1 aliphatic heterocycles. The van der Waals surface area contributed by atoms with Crippen molar-refractivity contribution in [1.29, 1.82) is 0 Å². The van der Waals surface area contributed by atoms with Gasteiger partial charge in [-0.05, 0) is 31.5 Å². The van der Waals surface area contributed by atoms with Gasteiger partial charge in [0.2, 0.25) is 5.91 Å². The number of ether oxygens (including phenoxy) is 1. The Morgan fingerprint density at radius 1 is 1.30 bits per heavy atom. The van der Waals surface area contributed by atoms with Crippen molar-refractivity contribution in [3.8, 4) is 0 Å². The molecular formula is C17H19Cl2N3O5. The van der Waals surface area contributed by atoms with Gasteiger partial charge in [0.05, 0.1) is 10.7 Å². The fraction of sp³-hybridized carbons (Fsp3) is 0.412. The summed E-state index contributed by atoms with van der Waals surface area (Å²) in [5, 5.41) is 3.24. The van der Waals surface area contributed by atoms with Crippen LogP contribution < -0.4 is 5.32 Å². The molecule has 0 aliphatic carbocycles. The van der Waals surface area contributed by atoms with Gasteiger partial charge in [0, 0.05) is 25.0 Å². The molecule has 2 rings (SSSR count). The van der Waals surface area contributed by atoms with E-state index in [1.165, 1.54) is 31.0 Å². The number of amides is 4. The number of nitrogens with zero attached hydrogens (tertiary/aromatic N) is 2. The first-order valence-electron chi connectivity index (χ1n) is 8.20. The predicted octanol–water partition coefficient (Wildman–Crippen LogP) is 2.54. The highest BCUT2D eigenvalue weighted by Gasteiger charge is 2.33. The van der Waals surface area contributed by atoms with Crippen LogP contribution in [0.15, 0.2) is 18.2 Å². The van der Waals surface area contributed by atoms with Gasteiger partial charge in [-0.2, -0.15) is 0 Å². The highest BCUT2D eigenvalue weighted by molar-refractivity contribution is 6.36. The third-order valence-corrected chi connectivity index (χ3v) is 4.41. The molecule has 1 aromatic carbocycles. The molecule has 8 nitrogen and oxygen atoms in total. The first kappa shape index (κ1) is 21.0. The largest absolute Gasteiger partial charge is 0.453 e. The van der Waals surface area contributed by atoms with E-state index in [0.717, 1.165) is 4.90 Å². The molecule has 1 atom stereocenters. The van der Waals surface area contributed by atoms with Crippen LogP contribution in [0.1, 0.15) is 19.8 Å². The third kappa shape index (κ3) is 5.58. The smallest absolute Gasteiger partial charge is 0.326 e. The summed E-state index contributed by atoms with van der Waals surface area (Å²) >= 11 is 11.8. The summed E-state index contributed by atoms with van der Waals surface area (Å²) < 4.78 is 5.07. The fourth-order valence-electron chi connectivity index (χ4n) is 2.41. The van der Waals surface area contributed by atoms with E-state index in [1.807, 2.05) is 0 Å².